The Morgan fingerprint density at radius 1 is 1.36 bits per heavy atom. The van der Waals surface area contributed by atoms with Crippen LogP contribution in [0.5, 0.6) is 11.5 Å². The Hall–Kier alpha value is -2.94. The molecule has 0 bridgehead atoms. The van der Waals surface area contributed by atoms with Gasteiger partial charge in [0, 0.05) is 22.2 Å². The van der Waals surface area contributed by atoms with Crippen molar-refractivity contribution < 1.29 is 19.6 Å². The molecular weight excluding hydrogens is 394 g/mol. The molecule has 1 amide bonds. The van der Waals surface area contributed by atoms with E-state index in [1.54, 1.807) is 12.1 Å². The van der Waals surface area contributed by atoms with Gasteiger partial charge in [-0.2, -0.15) is 5.10 Å². The first-order chi connectivity index (χ1) is 11.9. The normalized spacial score (nSPS) is 11.9. The minimum absolute atomic E-state index is 0.0244. The van der Waals surface area contributed by atoms with E-state index in [9.17, 15) is 20.0 Å². The lowest BCUT2D eigenvalue weighted by atomic mass is 10.2. The number of nitro benzene ring substituents is 1. The maximum atomic E-state index is 11.9. The van der Waals surface area contributed by atoms with E-state index >= 15 is 0 Å². The molecule has 2 rings (SSSR count). The summed E-state index contributed by atoms with van der Waals surface area (Å²) in [5.41, 5.74) is 2.66. The van der Waals surface area contributed by atoms with Gasteiger partial charge in [-0.15, -0.1) is 0 Å². The van der Waals surface area contributed by atoms with Crippen molar-refractivity contribution in [3.8, 4) is 11.5 Å². The Bertz CT molecular complexity index is 808. The summed E-state index contributed by atoms with van der Waals surface area (Å²) >= 11 is 3.27. The zero-order valence-electron chi connectivity index (χ0n) is 13.0. The monoisotopic (exact) mass is 407 g/mol. The van der Waals surface area contributed by atoms with Crippen molar-refractivity contribution in [2.24, 2.45) is 5.10 Å². The summed E-state index contributed by atoms with van der Waals surface area (Å²) in [5, 5.41) is 24.0. The predicted molar refractivity (Wildman–Crippen MR) is 94.7 cm³/mol. The number of carbonyl (C=O) groups excluding carboxylic acids is 1. The molecule has 8 nitrogen and oxygen atoms in total. The number of non-ortho nitro benzene ring substituents is 1. The zero-order valence-corrected chi connectivity index (χ0v) is 14.6. The molecule has 130 valence electrons. The first-order valence-corrected chi connectivity index (χ1v) is 7.88. The van der Waals surface area contributed by atoms with Crippen LogP contribution in [0.3, 0.4) is 0 Å². The average molecular weight is 408 g/mol. The number of nitrogens with one attached hydrogen (secondary N) is 1. The summed E-state index contributed by atoms with van der Waals surface area (Å²) in [5.74, 6) is -0.165. The van der Waals surface area contributed by atoms with Gasteiger partial charge in [0.25, 0.3) is 11.6 Å². The first kappa shape index (κ1) is 18.4. The van der Waals surface area contributed by atoms with Crippen LogP contribution in [0.1, 0.15) is 12.5 Å². The highest BCUT2D eigenvalue weighted by atomic mass is 79.9. The molecule has 2 aromatic carbocycles. The summed E-state index contributed by atoms with van der Waals surface area (Å²) < 4.78 is 6.15. The van der Waals surface area contributed by atoms with E-state index in [4.69, 9.17) is 4.74 Å². The number of halogens is 1. The average Bonchev–Trinajstić information content (AvgIpc) is 2.58. The number of carbonyl (C=O) groups is 1. The number of nitrogens with zero attached hydrogens (tertiary/aromatic N) is 2. The van der Waals surface area contributed by atoms with E-state index < -0.39 is 16.9 Å². The van der Waals surface area contributed by atoms with Gasteiger partial charge in [0.1, 0.15) is 11.5 Å². The van der Waals surface area contributed by atoms with Gasteiger partial charge in [-0.05, 0) is 37.3 Å². The van der Waals surface area contributed by atoms with Crippen molar-refractivity contribution in [2.45, 2.75) is 13.0 Å². The van der Waals surface area contributed by atoms with Crippen molar-refractivity contribution in [3.63, 3.8) is 0 Å². The maximum absolute atomic E-state index is 11.9. The smallest absolute Gasteiger partial charge is 0.280 e. The lowest BCUT2D eigenvalue weighted by Gasteiger charge is -2.12. The molecule has 0 heterocycles. The number of hydrogen-bond donors (Lipinski definition) is 2. The second-order valence-electron chi connectivity index (χ2n) is 4.95. The number of phenols is 1. The van der Waals surface area contributed by atoms with Crippen molar-refractivity contribution in [1.29, 1.82) is 0 Å². The SMILES string of the molecule is C[C@H](Oc1ccc([N+](=O)[O-])cc1)C(=O)N/N=C\c1cc(Br)ccc1O. The number of ether oxygens (including phenoxy) is 1. The van der Waals surface area contributed by atoms with Crippen LogP contribution in [-0.4, -0.2) is 28.3 Å². The topological polar surface area (TPSA) is 114 Å². The van der Waals surface area contributed by atoms with Gasteiger partial charge in [0.05, 0.1) is 11.1 Å². The van der Waals surface area contributed by atoms with Crippen molar-refractivity contribution in [3.05, 3.63) is 62.6 Å². The molecule has 1 atom stereocenters. The molecule has 0 saturated carbocycles. The van der Waals surface area contributed by atoms with E-state index in [1.165, 1.54) is 43.5 Å². The third kappa shape index (κ3) is 5.28. The van der Waals surface area contributed by atoms with Gasteiger partial charge in [-0.3, -0.25) is 14.9 Å². The second kappa shape index (κ2) is 8.25. The maximum Gasteiger partial charge on any atom is 0.280 e. The molecule has 0 fully saturated rings. The molecule has 0 radical (unpaired) electrons. The minimum Gasteiger partial charge on any atom is -0.507 e. The molecule has 2 aromatic rings. The van der Waals surface area contributed by atoms with Gasteiger partial charge < -0.3 is 9.84 Å². The highest BCUT2D eigenvalue weighted by Crippen LogP contribution is 2.20. The number of aromatic hydroxyl groups is 1. The van der Waals surface area contributed by atoms with Crippen molar-refractivity contribution in [1.82, 2.24) is 5.43 Å². The first-order valence-electron chi connectivity index (χ1n) is 7.09. The van der Waals surface area contributed by atoms with Crippen LogP contribution in [0.15, 0.2) is 52.0 Å². The lowest BCUT2D eigenvalue weighted by molar-refractivity contribution is -0.384. The van der Waals surface area contributed by atoms with Gasteiger partial charge in [0.15, 0.2) is 6.10 Å². The molecule has 0 aliphatic rings. The third-order valence-corrected chi connectivity index (χ3v) is 3.59. The summed E-state index contributed by atoms with van der Waals surface area (Å²) in [4.78, 5) is 22.0. The highest BCUT2D eigenvalue weighted by molar-refractivity contribution is 9.10. The Morgan fingerprint density at radius 3 is 2.68 bits per heavy atom. The minimum atomic E-state index is -0.866. The standard InChI is InChI=1S/C16H14BrN3O5/c1-10(25-14-5-3-13(4-6-14)20(23)24)16(22)19-18-9-11-8-12(17)2-7-15(11)21/h2-10,21H,1H3,(H,19,22)/b18-9-/t10-/m0/s1. The molecule has 0 aliphatic heterocycles. The van der Waals surface area contributed by atoms with Gasteiger partial charge in [-0.1, -0.05) is 15.9 Å². The largest absolute Gasteiger partial charge is 0.507 e. The molecular formula is C16H14BrN3O5. The van der Waals surface area contributed by atoms with Gasteiger partial charge in [0.2, 0.25) is 0 Å². The van der Waals surface area contributed by atoms with Crippen LogP contribution in [0.25, 0.3) is 0 Å². The number of nitro groups is 1. The fourth-order valence-electron chi connectivity index (χ4n) is 1.79. The van der Waals surface area contributed by atoms with Crippen LogP contribution in [0.2, 0.25) is 0 Å². The Balaban J connectivity index is 1.92. The Kier molecular flexibility index (Phi) is 6.07. The quantitative estimate of drug-likeness (QED) is 0.433. The predicted octanol–water partition coefficient (Wildman–Crippen LogP) is 2.98. The summed E-state index contributed by atoms with van der Waals surface area (Å²) in [6, 6.07) is 10.2. The molecule has 0 aliphatic carbocycles. The summed E-state index contributed by atoms with van der Waals surface area (Å²) in [6.07, 6.45) is 0.436. The van der Waals surface area contributed by atoms with E-state index in [1.807, 2.05) is 0 Å². The van der Waals surface area contributed by atoms with Crippen molar-refractivity contribution in [2.75, 3.05) is 0 Å². The molecule has 9 heteroatoms. The van der Waals surface area contributed by atoms with E-state index in [0.29, 0.717) is 11.3 Å². The Morgan fingerprint density at radius 2 is 2.04 bits per heavy atom. The van der Waals surface area contributed by atoms with Gasteiger partial charge in [-0.25, -0.2) is 5.43 Å². The molecule has 0 aromatic heterocycles. The molecule has 2 N–H and O–H groups in total. The molecule has 0 unspecified atom stereocenters. The van der Waals surface area contributed by atoms with E-state index in [0.717, 1.165) is 4.47 Å². The fourth-order valence-corrected chi connectivity index (χ4v) is 2.17. The molecule has 0 spiro atoms. The van der Waals surface area contributed by atoms with Crippen LogP contribution in [-0.2, 0) is 4.79 Å². The Labute approximate surface area is 151 Å². The van der Waals surface area contributed by atoms with Crippen molar-refractivity contribution >= 4 is 33.7 Å². The van der Waals surface area contributed by atoms with Crippen LogP contribution >= 0.6 is 15.9 Å². The number of hydrogen-bond acceptors (Lipinski definition) is 6. The van der Waals surface area contributed by atoms with Crippen LogP contribution in [0.4, 0.5) is 5.69 Å². The number of rotatable bonds is 6. The number of phenolic OH excluding ortho intramolecular Hbond substituents is 1. The van der Waals surface area contributed by atoms with E-state index in [2.05, 4.69) is 26.5 Å². The summed E-state index contributed by atoms with van der Waals surface area (Å²) in [6.45, 7) is 1.52. The van der Waals surface area contributed by atoms with Crippen LogP contribution < -0.4 is 10.2 Å². The molecule has 0 saturated heterocycles. The fraction of sp³-hybridized carbons (Fsp3) is 0.125. The molecule has 25 heavy (non-hydrogen) atoms. The number of hydrazone groups is 1. The number of amides is 1. The van der Waals surface area contributed by atoms with Gasteiger partial charge >= 0.3 is 0 Å². The lowest BCUT2D eigenvalue weighted by Crippen LogP contribution is -2.33. The highest BCUT2D eigenvalue weighted by Gasteiger charge is 2.14. The summed E-state index contributed by atoms with van der Waals surface area (Å²) in [7, 11) is 0. The zero-order chi connectivity index (χ0) is 18.4. The third-order valence-electron chi connectivity index (χ3n) is 3.10. The number of benzene rings is 2. The second-order valence-corrected chi connectivity index (χ2v) is 5.86. The van der Waals surface area contributed by atoms with E-state index in [-0.39, 0.29) is 11.4 Å². The van der Waals surface area contributed by atoms with Crippen LogP contribution in [0, 0.1) is 10.1 Å².